The van der Waals surface area contributed by atoms with Crippen molar-refractivity contribution in [2.75, 3.05) is 20.2 Å². The summed E-state index contributed by atoms with van der Waals surface area (Å²) in [6, 6.07) is 5.69. The van der Waals surface area contributed by atoms with Crippen LogP contribution in [0.3, 0.4) is 0 Å². The number of rotatable bonds is 5. The van der Waals surface area contributed by atoms with Crippen molar-refractivity contribution in [3.63, 3.8) is 0 Å². The average Bonchev–Trinajstić information content (AvgIpc) is 2.77. The molecule has 10 heteroatoms. The van der Waals surface area contributed by atoms with Gasteiger partial charge in [0.25, 0.3) is 5.69 Å². The van der Waals surface area contributed by atoms with Gasteiger partial charge >= 0.3 is 11.9 Å². The van der Waals surface area contributed by atoms with Gasteiger partial charge in [-0.3, -0.25) is 15.3 Å². The molecular formula is C21H25N3O7. The molecule has 0 saturated carbocycles. The number of nitro benzene ring substituents is 1. The van der Waals surface area contributed by atoms with E-state index in [-0.39, 0.29) is 34.3 Å². The van der Waals surface area contributed by atoms with Crippen molar-refractivity contribution in [2.24, 2.45) is 0 Å². The molecule has 166 valence electrons. The molecule has 2 aliphatic heterocycles. The molecule has 31 heavy (non-hydrogen) atoms. The summed E-state index contributed by atoms with van der Waals surface area (Å²) in [6.07, 6.45) is 1.18. The number of esters is 2. The first-order chi connectivity index (χ1) is 14.8. The van der Waals surface area contributed by atoms with Crippen molar-refractivity contribution in [3.05, 3.63) is 62.5 Å². The molecular weight excluding hydrogens is 406 g/mol. The van der Waals surface area contributed by atoms with E-state index in [0.29, 0.717) is 18.5 Å². The molecule has 0 amide bonds. The van der Waals surface area contributed by atoms with E-state index < -0.39 is 22.8 Å². The molecule has 1 saturated heterocycles. The number of hydrogen-bond acceptors (Lipinski definition) is 9. The van der Waals surface area contributed by atoms with Crippen molar-refractivity contribution in [1.82, 2.24) is 10.4 Å². The second-order valence-corrected chi connectivity index (χ2v) is 7.46. The highest BCUT2D eigenvalue weighted by atomic mass is 16.6. The highest BCUT2D eigenvalue weighted by Crippen LogP contribution is 2.43. The monoisotopic (exact) mass is 431 g/mol. The molecule has 1 aromatic carbocycles. The van der Waals surface area contributed by atoms with Crippen molar-refractivity contribution >= 4 is 17.6 Å². The Bertz CT molecular complexity index is 963. The number of nitrogens with zero attached hydrogens (tertiary/aromatic N) is 2. The Kier molecular flexibility index (Phi) is 6.71. The Balaban J connectivity index is 2.12. The van der Waals surface area contributed by atoms with Crippen molar-refractivity contribution in [3.8, 4) is 0 Å². The second kappa shape index (κ2) is 9.27. The largest absolute Gasteiger partial charge is 0.466 e. The van der Waals surface area contributed by atoms with E-state index in [4.69, 9.17) is 9.47 Å². The number of piperidine rings is 1. The SMILES string of the molecule is COC(=O)C1=C(C)N(O)C(C)=C(C(=O)OC2CCCNC2)C1c1cccc([N+](=O)[O-])c1. The number of carbonyl (C=O) groups excluding carboxylic acids is 2. The fraction of sp³-hybridized carbons (Fsp3) is 0.429. The molecule has 1 fully saturated rings. The van der Waals surface area contributed by atoms with Gasteiger partial charge in [0, 0.05) is 18.7 Å². The lowest BCUT2D eigenvalue weighted by atomic mass is 9.80. The molecule has 2 aliphatic rings. The van der Waals surface area contributed by atoms with Gasteiger partial charge in [0.05, 0.1) is 40.5 Å². The topological polar surface area (TPSA) is 131 Å². The van der Waals surface area contributed by atoms with Crippen LogP contribution in [0.4, 0.5) is 5.69 Å². The second-order valence-electron chi connectivity index (χ2n) is 7.46. The van der Waals surface area contributed by atoms with E-state index in [9.17, 15) is 24.9 Å². The standard InChI is InChI=1S/C21H25N3O7/c1-12-17(20(25)30-3)19(14-6-4-7-15(10-14)24(28)29)18(13(2)23(12)27)21(26)31-16-8-5-9-22-11-16/h4,6-7,10,16,19,22,27H,5,8-9,11H2,1-3H3. The van der Waals surface area contributed by atoms with Gasteiger partial charge in [0.15, 0.2) is 0 Å². The van der Waals surface area contributed by atoms with Crippen molar-refractivity contribution in [2.45, 2.75) is 38.7 Å². The van der Waals surface area contributed by atoms with Gasteiger partial charge in [-0.25, -0.2) is 14.7 Å². The minimum Gasteiger partial charge on any atom is -0.466 e. The predicted octanol–water partition coefficient (Wildman–Crippen LogP) is 2.40. The summed E-state index contributed by atoms with van der Waals surface area (Å²) < 4.78 is 10.6. The molecule has 3 rings (SSSR count). The van der Waals surface area contributed by atoms with Crippen LogP contribution < -0.4 is 5.32 Å². The average molecular weight is 431 g/mol. The van der Waals surface area contributed by atoms with Gasteiger partial charge in [-0.1, -0.05) is 12.1 Å². The summed E-state index contributed by atoms with van der Waals surface area (Å²) in [7, 11) is 1.19. The molecule has 1 aromatic rings. The van der Waals surface area contributed by atoms with Gasteiger partial charge < -0.3 is 14.8 Å². The molecule has 0 aromatic heterocycles. The minimum absolute atomic E-state index is 0.00446. The summed E-state index contributed by atoms with van der Waals surface area (Å²) in [5, 5.41) is 25.8. The number of nitro groups is 1. The van der Waals surface area contributed by atoms with Crippen LogP contribution >= 0.6 is 0 Å². The van der Waals surface area contributed by atoms with Crippen molar-refractivity contribution in [1.29, 1.82) is 0 Å². The maximum absolute atomic E-state index is 13.2. The van der Waals surface area contributed by atoms with Crippen LogP contribution in [-0.2, 0) is 19.1 Å². The quantitative estimate of drug-likeness (QED) is 0.410. The van der Waals surface area contributed by atoms with Crippen LogP contribution in [0, 0.1) is 10.1 Å². The lowest BCUT2D eigenvalue weighted by Gasteiger charge is -2.34. The molecule has 0 spiro atoms. The number of non-ortho nitro benzene ring substituents is 1. The third-order valence-corrected chi connectivity index (χ3v) is 5.56. The van der Waals surface area contributed by atoms with Gasteiger partial charge in [-0.05, 0) is 38.8 Å². The normalized spacial score (nSPS) is 21.7. The molecule has 0 aliphatic carbocycles. The fourth-order valence-electron chi connectivity index (χ4n) is 3.97. The van der Waals surface area contributed by atoms with Crippen LogP contribution in [0.2, 0.25) is 0 Å². The molecule has 2 N–H and O–H groups in total. The van der Waals surface area contributed by atoms with E-state index in [1.807, 2.05) is 0 Å². The Morgan fingerprint density at radius 2 is 1.90 bits per heavy atom. The smallest absolute Gasteiger partial charge is 0.337 e. The molecule has 2 atom stereocenters. The number of nitrogens with one attached hydrogen (secondary N) is 1. The van der Waals surface area contributed by atoms with E-state index in [2.05, 4.69) is 5.32 Å². The lowest BCUT2D eigenvalue weighted by molar-refractivity contribution is -0.384. The van der Waals surface area contributed by atoms with Crippen LogP contribution in [-0.4, -0.2) is 53.4 Å². The number of carbonyl (C=O) groups is 2. The Morgan fingerprint density at radius 3 is 2.48 bits per heavy atom. The number of methoxy groups -OCH3 is 1. The zero-order chi connectivity index (χ0) is 22.7. The van der Waals surface area contributed by atoms with Crippen LogP contribution in [0.15, 0.2) is 46.8 Å². The van der Waals surface area contributed by atoms with Crippen LogP contribution in [0.5, 0.6) is 0 Å². The predicted molar refractivity (Wildman–Crippen MR) is 109 cm³/mol. The van der Waals surface area contributed by atoms with E-state index in [1.54, 1.807) is 6.07 Å². The first-order valence-electron chi connectivity index (χ1n) is 9.91. The van der Waals surface area contributed by atoms with E-state index in [1.165, 1.54) is 39.2 Å². The van der Waals surface area contributed by atoms with Gasteiger partial charge in [-0.15, -0.1) is 0 Å². The van der Waals surface area contributed by atoms with E-state index >= 15 is 0 Å². The number of hydroxylamine groups is 2. The van der Waals surface area contributed by atoms with E-state index in [0.717, 1.165) is 18.0 Å². The molecule has 10 nitrogen and oxygen atoms in total. The molecule has 0 bridgehead atoms. The fourth-order valence-corrected chi connectivity index (χ4v) is 3.97. The summed E-state index contributed by atoms with van der Waals surface area (Å²) in [5.41, 5.74) is 0.527. The summed E-state index contributed by atoms with van der Waals surface area (Å²) in [5.74, 6) is -2.46. The van der Waals surface area contributed by atoms with Gasteiger partial charge in [-0.2, -0.15) is 0 Å². The van der Waals surface area contributed by atoms with Gasteiger partial charge in [0.1, 0.15) is 6.10 Å². The molecule has 2 unspecified atom stereocenters. The lowest BCUT2D eigenvalue weighted by Crippen LogP contribution is -2.39. The molecule has 0 radical (unpaired) electrons. The van der Waals surface area contributed by atoms with Crippen LogP contribution in [0.1, 0.15) is 38.2 Å². The maximum Gasteiger partial charge on any atom is 0.337 e. The number of benzene rings is 1. The Morgan fingerprint density at radius 1 is 1.23 bits per heavy atom. The third-order valence-electron chi connectivity index (χ3n) is 5.56. The maximum atomic E-state index is 13.2. The summed E-state index contributed by atoms with van der Waals surface area (Å²) in [4.78, 5) is 36.6. The Labute approximate surface area is 179 Å². The minimum atomic E-state index is -1.00. The van der Waals surface area contributed by atoms with Gasteiger partial charge in [0.2, 0.25) is 0 Å². The first kappa shape index (κ1) is 22.4. The highest BCUT2D eigenvalue weighted by Gasteiger charge is 2.41. The summed E-state index contributed by atoms with van der Waals surface area (Å²) >= 11 is 0. The number of ether oxygens (including phenoxy) is 2. The summed E-state index contributed by atoms with van der Waals surface area (Å²) in [6.45, 7) is 4.37. The third kappa shape index (κ3) is 4.44. The number of hydrogen-bond donors (Lipinski definition) is 2. The van der Waals surface area contributed by atoms with Crippen LogP contribution in [0.25, 0.3) is 0 Å². The van der Waals surface area contributed by atoms with Crippen molar-refractivity contribution < 1.29 is 29.2 Å². The zero-order valence-corrected chi connectivity index (χ0v) is 17.6. The first-order valence-corrected chi connectivity index (χ1v) is 9.91. The highest BCUT2D eigenvalue weighted by molar-refractivity contribution is 5.99. The number of allylic oxidation sites excluding steroid dienone is 2. The molecule has 2 heterocycles. The zero-order valence-electron chi connectivity index (χ0n) is 17.6. The Hall–Kier alpha value is -3.24.